The summed E-state index contributed by atoms with van der Waals surface area (Å²) >= 11 is 1.62. The molecule has 0 saturated carbocycles. The van der Waals surface area contributed by atoms with E-state index in [0.29, 0.717) is 5.76 Å². The summed E-state index contributed by atoms with van der Waals surface area (Å²) in [6, 6.07) is 10.7. The Kier molecular flexibility index (Phi) is 4.29. The lowest BCUT2D eigenvalue weighted by atomic mass is 10.1. The van der Waals surface area contributed by atoms with Gasteiger partial charge in [-0.05, 0) is 30.0 Å². The molecule has 1 aromatic heterocycles. The summed E-state index contributed by atoms with van der Waals surface area (Å²) in [6.07, 6.45) is 1.99. The molecule has 0 aliphatic carbocycles. The molecule has 0 aliphatic heterocycles. The Hall–Kier alpha value is -1.72. The van der Waals surface area contributed by atoms with Gasteiger partial charge in [0.25, 0.3) is 0 Å². The summed E-state index contributed by atoms with van der Waals surface area (Å²) in [7, 11) is 1.31. The van der Waals surface area contributed by atoms with Gasteiger partial charge in [0.2, 0.25) is 5.76 Å². The Morgan fingerprint density at radius 2 is 2.05 bits per heavy atom. The smallest absolute Gasteiger partial charge is 0.373 e. The van der Waals surface area contributed by atoms with Crippen molar-refractivity contribution in [3.05, 3.63) is 53.5 Å². The van der Waals surface area contributed by atoms with Crippen LogP contribution in [0.25, 0.3) is 0 Å². The second kappa shape index (κ2) is 5.95. The van der Waals surface area contributed by atoms with Crippen LogP contribution in [-0.2, 0) is 4.74 Å². The fourth-order valence-corrected chi connectivity index (χ4v) is 2.45. The Labute approximate surface area is 115 Å². The van der Waals surface area contributed by atoms with Crippen molar-refractivity contribution < 1.29 is 13.9 Å². The molecule has 5 heteroatoms. The number of thioether (sulfide) groups is 1. The van der Waals surface area contributed by atoms with Gasteiger partial charge in [0.05, 0.1) is 13.2 Å². The summed E-state index contributed by atoms with van der Waals surface area (Å²) in [5.41, 5.74) is 7.16. The molecule has 1 atom stereocenters. The molecule has 4 nitrogen and oxygen atoms in total. The van der Waals surface area contributed by atoms with Crippen LogP contribution in [0.15, 0.2) is 45.7 Å². The monoisotopic (exact) mass is 277 g/mol. The fraction of sp³-hybridized carbons (Fsp3) is 0.214. The SMILES string of the molecule is COC(=O)c1ccc(C(N)c2ccccc2SC)o1. The van der Waals surface area contributed by atoms with Crippen molar-refractivity contribution in [1.82, 2.24) is 0 Å². The molecule has 0 bridgehead atoms. The average Bonchev–Trinajstić information content (AvgIpc) is 2.95. The van der Waals surface area contributed by atoms with Crippen LogP contribution >= 0.6 is 11.8 Å². The fourth-order valence-electron chi connectivity index (χ4n) is 1.81. The highest BCUT2D eigenvalue weighted by molar-refractivity contribution is 7.98. The van der Waals surface area contributed by atoms with Crippen molar-refractivity contribution in [2.24, 2.45) is 5.73 Å². The minimum Gasteiger partial charge on any atom is -0.463 e. The van der Waals surface area contributed by atoms with E-state index in [4.69, 9.17) is 10.2 Å². The average molecular weight is 277 g/mol. The number of rotatable bonds is 4. The summed E-state index contributed by atoms with van der Waals surface area (Å²) in [5, 5.41) is 0. The van der Waals surface area contributed by atoms with Gasteiger partial charge in [-0.25, -0.2) is 4.79 Å². The molecular formula is C14H15NO3S. The lowest BCUT2D eigenvalue weighted by Crippen LogP contribution is -2.12. The normalized spacial score (nSPS) is 12.2. The standard InChI is InChI=1S/C14H15NO3S/c1-17-14(16)11-8-7-10(18-11)13(15)9-5-3-4-6-12(9)19-2/h3-8,13H,15H2,1-2H3. The second-order valence-corrected chi connectivity index (χ2v) is 4.76. The number of nitrogens with two attached hydrogens (primary N) is 1. The first-order valence-corrected chi connectivity index (χ1v) is 6.96. The second-order valence-electron chi connectivity index (χ2n) is 3.91. The van der Waals surface area contributed by atoms with Crippen LogP contribution in [0.2, 0.25) is 0 Å². The predicted octanol–water partition coefficient (Wildman–Crippen LogP) is 2.84. The highest BCUT2D eigenvalue weighted by Gasteiger charge is 2.18. The van der Waals surface area contributed by atoms with Crippen molar-refractivity contribution in [2.45, 2.75) is 10.9 Å². The molecule has 1 heterocycles. The number of hydrogen-bond donors (Lipinski definition) is 1. The van der Waals surface area contributed by atoms with Gasteiger partial charge in [0, 0.05) is 4.90 Å². The molecule has 100 valence electrons. The first-order valence-electron chi connectivity index (χ1n) is 5.74. The highest BCUT2D eigenvalue weighted by Crippen LogP contribution is 2.29. The Balaban J connectivity index is 2.31. The van der Waals surface area contributed by atoms with Crippen molar-refractivity contribution >= 4 is 17.7 Å². The van der Waals surface area contributed by atoms with E-state index in [1.165, 1.54) is 7.11 Å². The zero-order chi connectivity index (χ0) is 13.8. The molecule has 0 aliphatic rings. The number of methoxy groups -OCH3 is 1. The molecule has 0 spiro atoms. The molecule has 1 aromatic carbocycles. The van der Waals surface area contributed by atoms with Crippen molar-refractivity contribution in [1.29, 1.82) is 0 Å². The van der Waals surface area contributed by atoms with E-state index in [1.807, 2.05) is 30.5 Å². The van der Waals surface area contributed by atoms with Crippen molar-refractivity contribution in [3.8, 4) is 0 Å². The number of ether oxygens (including phenoxy) is 1. The van der Waals surface area contributed by atoms with E-state index >= 15 is 0 Å². The van der Waals surface area contributed by atoms with Gasteiger partial charge < -0.3 is 14.9 Å². The molecule has 0 radical (unpaired) electrons. The molecule has 0 saturated heterocycles. The van der Waals surface area contributed by atoms with Crippen LogP contribution in [0.5, 0.6) is 0 Å². The molecule has 2 aromatic rings. The first kappa shape index (κ1) is 13.7. The Morgan fingerprint density at radius 1 is 1.32 bits per heavy atom. The molecule has 2 N–H and O–H groups in total. The van der Waals surface area contributed by atoms with E-state index in [2.05, 4.69) is 4.74 Å². The summed E-state index contributed by atoms with van der Waals surface area (Å²) in [6.45, 7) is 0. The van der Waals surface area contributed by atoms with Gasteiger partial charge in [-0.3, -0.25) is 0 Å². The largest absolute Gasteiger partial charge is 0.463 e. The van der Waals surface area contributed by atoms with E-state index in [9.17, 15) is 4.79 Å². The maximum atomic E-state index is 11.3. The van der Waals surface area contributed by atoms with Crippen molar-refractivity contribution in [2.75, 3.05) is 13.4 Å². The van der Waals surface area contributed by atoms with Crippen LogP contribution in [0.3, 0.4) is 0 Å². The quantitative estimate of drug-likeness (QED) is 0.687. The summed E-state index contributed by atoms with van der Waals surface area (Å²) < 4.78 is 10.0. The topological polar surface area (TPSA) is 65.5 Å². The molecule has 19 heavy (non-hydrogen) atoms. The molecular weight excluding hydrogens is 262 g/mol. The number of carbonyl (C=O) groups is 1. The number of furan rings is 1. The third-order valence-corrected chi connectivity index (χ3v) is 3.61. The van der Waals surface area contributed by atoms with Crippen LogP contribution in [0, 0.1) is 0 Å². The summed E-state index contributed by atoms with van der Waals surface area (Å²) in [4.78, 5) is 12.4. The Bertz CT molecular complexity index is 580. The number of esters is 1. The van der Waals surface area contributed by atoms with E-state index < -0.39 is 12.0 Å². The Morgan fingerprint density at radius 3 is 2.74 bits per heavy atom. The predicted molar refractivity (Wildman–Crippen MR) is 74.3 cm³/mol. The van der Waals surface area contributed by atoms with Gasteiger partial charge >= 0.3 is 5.97 Å². The zero-order valence-electron chi connectivity index (χ0n) is 10.8. The molecule has 1 unspecified atom stereocenters. The van der Waals surface area contributed by atoms with Crippen LogP contribution in [-0.4, -0.2) is 19.3 Å². The molecule has 2 rings (SSSR count). The lowest BCUT2D eigenvalue weighted by Gasteiger charge is -2.13. The van der Waals surface area contributed by atoms with Crippen LogP contribution in [0.4, 0.5) is 0 Å². The zero-order valence-corrected chi connectivity index (χ0v) is 11.6. The van der Waals surface area contributed by atoms with Gasteiger partial charge in [-0.1, -0.05) is 18.2 Å². The number of benzene rings is 1. The minimum absolute atomic E-state index is 0.162. The summed E-state index contributed by atoms with van der Waals surface area (Å²) in [5.74, 6) is 0.202. The van der Waals surface area contributed by atoms with E-state index in [-0.39, 0.29) is 5.76 Å². The number of hydrogen-bond acceptors (Lipinski definition) is 5. The first-order chi connectivity index (χ1) is 9.17. The lowest BCUT2D eigenvalue weighted by molar-refractivity contribution is 0.0562. The van der Waals surface area contributed by atoms with Gasteiger partial charge in [0.1, 0.15) is 5.76 Å². The van der Waals surface area contributed by atoms with Crippen LogP contribution in [0.1, 0.15) is 27.9 Å². The van der Waals surface area contributed by atoms with Gasteiger partial charge in [-0.15, -0.1) is 11.8 Å². The van der Waals surface area contributed by atoms with Crippen molar-refractivity contribution in [3.63, 3.8) is 0 Å². The minimum atomic E-state index is -0.503. The van der Waals surface area contributed by atoms with Gasteiger partial charge in [0.15, 0.2) is 0 Å². The van der Waals surface area contributed by atoms with E-state index in [1.54, 1.807) is 23.9 Å². The third kappa shape index (κ3) is 2.83. The molecule has 0 amide bonds. The maximum absolute atomic E-state index is 11.3. The molecule has 0 fully saturated rings. The maximum Gasteiger partial charge on any atom is 0.373 e. The van der Waals surface area contributed by atoms with E-state index in [0.717, 1.165) is 10.5 Å². The van der Waals surface area contributed by atoms with Gasteiger partial charge in [-0.2, -0.15) is 0 Å². The third-order valence-electron chi connectivity index (χ3n) is 2.79. The van der Waals surface area contributed by atoms with Crippen LogP contribution < -0.4 is 5.73 Å². The highest BCUT2D eigenvalue weighted by atomic mass is 32.2. The number of carbonyl (C=O) groups excluding carboxylic acids is 1.